The molecule has 3 aromatic heterocycles. The molecule has 0 radical (unpaired) electrons. The van der Waals surface area contributed by atoms with Crippen molar-refractivity contribution in [2.45, 2.75) is 40.0 Å². The van der Waals surface area contributed by atoms with Gasteiger partial charge in [-0.25, -0.2) is 4.98 Å². The van der Waals surface area contributed by atoms with E-state index in [9.17, 15) is 0 Å². The van der Waals surface area contributed by atoms with Gasteiger partial charge in [-0.3, -0.25) is 0 Å². The molecule has 0 bridgehead atoms. The van der Waals surface area contributed by atoms with Gasteiger partial charge in [0.05, 0.1) is 11.8 Å². The predicted molar refractivity (Wildman–Crippen MR) is 104 cm³/mol. The fraction of sp³-hybridized carbons (Fsp3) is 0.348. The first-order valence-electron chi connectivity index (χ1n) is 9.39. The molecule has 1 aliphatic carbocycles. The van der Waals surface area contributed by atoms with Crippen molar-refractivity contribution >= 4 is 22.1 Å². The Balaban J connectivity index is 1.84. The van der Waals surface area contributed by atoms with E-state index >= 15 is 0 Å². The molecule has 3 nitrogen and oxygen atoms in total. The molecule has 4 aromatic rings. The van der Waals surface area contributed by atoms with Crippen LogP contribution in [0.5, 0.6) is 0 Å². The van der Waals surface area contributed by atoms with Gasteiger partial charge in [0, 0.05) is 11.1 Å². The van der Waals surface area contributed by atoms with Gasteiger partial charge in [-0.15, -0.1) is 0 Å². The van der Waals surface area contributed by atoms with Gasteiger partial charge in [0.15, 0.2) is 5.58 Å². The third-order valence-electron chi connectivity index (χ3n) is 5.87. The van der Waals surface area contributed by atoms with E-state index in [2.05, 4.69) is 26.8 Å². The number of furan rings is 2. The summed E-state index contributed by atoms with van der Waals surface area (Å²) in [5, 5.41) is 1.08. The van der Waals surface area contributed by atoms with E-state index in [0.29, 0.717) is 5.92 Å². The van der Waals surface area contributed by atoms with Crippen LogP contribution in [0.4, 0.5) is 0 Å². The maximum absolute atomic E-state index is 6.27. The first kappa shape index (κ1) is 15.7. The van der Waals surface area contributed by atoms with Crippen molar-refractivity contribution in [1.82, 2.24) is 4.98 Å². The van der Waals surface area contributed by atoms with Gasteiger partial charge in [-0.1, -0.05) is 32.9 Å². The Labute approximate surface area is 153 Å². The summed E-state index contributed by atoms with van der Waals surface area (Å²) in [6.45, 7) is 7.01. The second kappa shape index (κ2) is 5.47. The number of pyridine rings is 1. The third kappa shape index (κ3) is 2.30. The Morgan fingerprint density at radius 1 is 1.08 bits per heavy atom. The lowest BCUT2D eigenvalue weighted by Crippen LogP contribution is -2.27. The minimum atomic E-state index is 0.279. The van der Waals surface area contributed by atoms with E-state index < -0.39 is 0 Å². The molecule has 3 heteroatoms. The maximum Gasteiger partial charge on any atom is 0.165 e. The van der Waals surface area contributed by atoms with Crippen molar-refractivity contribution in [3.05, 3.63) is 53.9 Å². The highest BCUT2D eigenvalue weighted by Crippen LogP contribution is 2.44. The molecule has 132 valence electrons. The molecule has 0 fully saturated rings. The monoisotopic (exact) mass is 345 g/mol. The zero-order chi connectivity index (χ0) is 17.9. The Morgan fingerprint density at radius 3 is 2.69 bits per heavy atom. The standard InChI is InChI=1S/C23H23NO2/c1-23(2,3)14-10-11-17-16(13-14)20(19-9-6-12-25-19)22-21(24-17)15-7-4-5-8-18(15)26-22/h4-9,12,14H,10-11,13H2,1-3H3/t14-/m0/s1. The molecule has 0 saturated heterocycles. The molecular formula is C23H23NO2. The summed E-state index contributed by atoms with van der Waals surface area (Å²) in [6.07, 6.45) is 4.96. The van der Waals surface area contributed by atoms with Crippen LogP contribution in [0.3, 0.4) is 0 Å². The van der Waals surface area contributed by atoms with Gasteiger partial charge in [0.2, 0.25) is 0 Å². The molecule has 0 aliphatic heterocycles. The van der Waals surface area contributed by atoms with Crippen LogP contribution in [0.25, 0.3) is 33.4 Å². The Morgan fingerprint density at radius 2 is 1.92 bits per heavy atom. The molecular weight excluding hydrogens is 322 g/mol. The number of aryl methyl sites for hydroxylation is 1. The van der Waals surface area contributed by atoms with Crippen molar-refractivity contribution in [3.63, 3.8) is 0 Å². The van der Waals surface area contributed by atoms with Crippen LogP contribution in [-0.2, 0) is 12.8 Å². The van der Waals surface area contributed by atoms with Gasteiger partial charge >= 0.3 is 0 Å². The summed E-state index contributed by atoms with van der Waals surface area (Å²) in [7, 11) is 0. The van der Waals surface area contributed by atoms with E-state index in [0.717, 1.165) is 46.2 Å². The second-order valence-electron chi connectivity index (χ2n) is 8.47. The van der Waals surface area contributed by atoms with Crippen LogP contribution in [-0.4, -0.2) is 4.98 Å². The smallest absolute Gasteiger partial charge is 0.165 e. The lowest BCUT2D eigenvalue weighted by molar-refractivity contribution is 0.215. The summed E-state index contributed by atoms with van der Waals surface area (Å²) in [5.41, 5.74) is 6.58. The predicted octanol–water partition coefficient (Wildman–Crippen LogP) is 6.39. The van der Waals surface area contributed by atoms with Gasteiger partial charge in [-0.05, 0) is 60.4 Å². The number of fused-ring (bicyclic) bond motifs is 4. The average molecular weight is 345 g/mol. The van der Waals surface area contributed by atoms with Gasteiger partial charge < -0.3 is 8.83 Å². The third-order valence-corrected chi connectivity index (χ3v) is 5.87. The highest BCUT2D eigenvalue weighted by atomic mass is 16.3. The lowest BCUT2D eigenvalue weighted by atomic mass is 9.70. The number of hydrogen-bond acceptors (Lipinski definition) is 3. The van der Waals surface area contributed by atoms with E-state index in [4.69, 9.17) is 13.8 Å². The Hall–Kier alpha value is -2.55. The van der Waals surface area contributed by atoms with Crippen molar-refractivity contribution in [2.24, 2.45) is 11.3 Å². The van der Waals surface area contributed by atoms with Crippen molar-refractivity contribution < 1.29 is 8.83 Å². The largest absolute Gasteiger partial charge is 0.464 e. The summed E-state index contributed by atoms with van der Waals surface area (Å²) in [6, 6.07) is 12.1. The van der Waals surface area contributed by atoms with Crippen LogP contribution >= 0.6 is 0 Å². The molecule has 1 aliphatic rings. The van der Waals surface area contributed by atoms with Crippen LogP contribution in [0.1, 0.15) is 38.4 Å². The molecule has 1 atom stereocenters. The average Bonchev–Trinajstić information content (AvgIpc) is 3.26. The molecule has 0 N–H and O–H groups in total. The molecule has 0 saturated carbocycles. The fourth-order valence-corrected chi connectivity index (χ4v) is 4.30. The normalized spacial score (nSPS) is 17.7. The second-order valence-corrected chi connectivity index (χ2v) is 8.47. The lowest BCUT2D eigenvalue weighted by Gasteiger charge is -2.35. The molecule has 5 rings (SSSR count). The van der Waals surface area contributed by atoms with E-state index in [1.165, 1.54) is 17.7 Å². The van der Waals surface area contributed by atoms with Crippen LogP contribution in [0, 0.1) is 11.3 Å². The van der Waals surface area contributed by atoms with E-state index in [1.807, 2.05) is 30.3 Å². The SMILES string of the molecule is CC(C)(C)[C@H]1CCc2nc3c(oc4ccccc43)c(-c3ccco3)c2C1. The Kier molecular flexibility index (Phi) is 3.30. The number of benzene rings is 1. The zero-order valence-corrected chi connectivity index (χ0v) is 15.5. The highest BCUT2D eigenvalue weighted by molar-refractivity contribution is 6.07. The summed E-state index contributed by atoms with van der Waals surface area (Å²) < 4.78 is 12.1. The topological polar surface area (TPSA) is 39.2 Å². The molecule has 26 heavy (non-hydrogen) atoms. The molecule has 0 spiro atoms. The minimum Gasteiger partial charge on any atom is -0.464 e. The number of rotatable bonds is 1. The molecule has 3 heterocycles. The van der Waals surface area contributed by atoms with Crippen molar-refractivity contribution in [1.29, 1.82) is 0 Å². The molecule has 0 unspecified atom stereocenters. The van der Waals surface area contributed by atoms with Crippen LogP contribution in [0.15, 0.2) is 51.5 Å². The fourth-order valence-electron chi connectivity index (χ4n) is 4.30. The van der Waals surface area contributed by atoms with Crippen molar-refractivity contribution in [2.75, 3.05) is 0 Å². The first-order chi connectivity index (χ1) is 12.5. The van der Waals surface area contributed by atoms with Crippen LogP contribution < -0.4 is 0 Å². The summed E-state index contributed by atoms with van der Waals surface area (Å²) in [4.78, 5) is 5.06. The van der Waals surface area contributed by atoms with E-state index in [-0.39, 0.29) is 5.41 Å². The van der Waals surface area contributed by atoms with Crippen LogP contribution in [0.2, 0.25) is 0 Å². The van der Waals surface area contributed by atoms with Gasteiger partial charge in [-0.2, -0.15) is 0 Å². The summed E-state index contributed by atoms with van der Waals surface area (Å²) >= 11 is 0. The number of hydrogen-bond donors (Lipinski definition) is 0. The first-order valence-corrected chi connectivity index (χ1v) is 9.39. The van der Waals surface area contributed by atoms with Gasteiger partial charge in [0.1, 0.15) is 16.9 Å². The summed E-state index contributed by atoms with van der Waals surface area (Å²) in [5.74, 6) is 1.51. The minimum absolute atomic E-state index is 0.279. The number of aromatic nitrogens is 1. The molecule has 1 aromatic carbocycles. The molecule has 0 amide bonds. The quantitative estimate of drug-likeness (QED) is 0.401. The number of para-hydroxylation sites is 1. The Bertz CT molecular complexity index is 1100. The number of nitrogens with zero attached hydrogens (tertiary/aromatic N) is 1. The zero-order valence-electron chi connectivity index (χ0n) is 15.5. The maximum atomic E-state index is 6.27. The van der Waals surface area contributed by atoms with Crippen molar-refractivity contribution in [3.8, 4) is 11.3 Å². The van der Waals surface area contributed by atoms with E-state index in [1.54, 1.807) is 6.26 Å². The van der Waals surface area contributed by atoms with Gasteiger partial charge in [0.25, 0.3) is 0 Å². The highest BCUT2D eigenvalue weighted by Gasteiger charge is 2.33.